The second-order valence-corrected chi connectivity index (χ2v) is 8.17. The average molecular weight is 155 g/mol. The Morgan fingerprint density at radius 1 is 1.17 bits per heavy atom. The van der Waals surface area contributed by atoms with Gasteiger partial charge in [-0.25, -0.2) is 0 Å². The molecule has 0 bridgehead atoms. The van der Waals surface area contributed by atoms with Gasteiger partial charge < -0.3 is 8.76 Å². The van der Waals surface area contributed by atoms with Gasteiger partial charge in [0.1, 0.15) is 21.0 Å². The van der Waals surface area contributed by atoms with Crippen molar-refractivity contribution in [1.82, 2.24) is 4.65 Å². The van der Waals surface area contributed by atoms with Gasteiger partial charge in [0.05, 0.1) is 20.8 Å². The summed E-state index contributed by atoms with van der Waals surface area (Å²) in [6.07, 6.45) is 0. The van der Waals surface area contributed by atoms with E-state index in [9.17, 15) is 0 Å². The maximum absolute atomic E-state index is 4.53. The smallest absolute Gasteiger partial charge is 0.129 e. The first-order chi connectivity index (χ1) is 2.83. The molecule has 0 saturated heterocycles. The van der Waals surface area contributed by atoms with Crippen LogP contribution in [-0.4, -0.2) is 41.8 Å². The van der Waals surface area contributed by atoms with Crippen LogP contribution in [0.1, 0.15) is 0 Å². The van der Waals surface area contributed by atoms with Crippen LogP contribution in [0.4, 0.5) is 0 Å². The average Bonchev–Trinajstić information content (AvgIpc) is 1.39. The molecule has 0 unspecified atom stereocenters. The standard InChI is InChI=1S/H7NSi2.H6OSi2/c2*2-1-3/h1H,2-3H3;2-3H3. The molecule has 40 valence electrons. The summed E-state index contributed by atoms with van der Waals surface area (Å²) in [5.74, 6) is 0. The third-order valence-electron chi connectivity index (χ3n) is 0. The molecule has 0 aromatic rings. The molecule has 0 aliphatic heterocycles. The van der Waals surface area contributed by atoms with Gasteiger partial charge >= 0.3 is 0 Å². The van der Waals surface area contributed by atoms with Gasteiger partial charge in [-0.15, -0.1) is 0 Å². The molecule has 6 heteroatoms. The molecule has 0 saturated carbocycles. The molecule has 0 radical (unpaired) electrons. The summed E-state index contributed by atoms with van der Waals surface area (Å²) >= 11 is 0. The van der Waals surface area contributed by atoms with Gasteiger partial charge in [0.2, 0.25) is 0 Å². The zero-order valence-corrected chi connectivity index (χ0v) is 12.9. The molecule has 2 nitrogen and oxygen atoms in total. The first-order valence-corrected chi connectivity index (χ1v) is 5.45. The van der Waals surface area contributed by atoms with Crippen molar-refractivity contribution in [3.05, 3.63) is 0 Å². The highest BCUT2D eigenvalue weighted by Crippen LogP contribution is 1.20. The maximum Gasteiger partial charge on any atom is 0.129 e. The van der Waals surface area contributed by atoms with Crippen molar-refractivity contribution in [2.24, 2.45) is 0 Å². The van der Waals surface area contributed by atoms with E-state index in [-0.39, 0.29) is 0 Å². The van der Waals surface area contributed by atoms with Crippen LogP contribution >= 0.6 is 0 Å². The minimum atomic E-state index is 0.931. The second kappa shape index (κ2) is 17.1. The first kappa shape index (κ1) is 9.92. The Labute approximate surface area is 51.1 Å². The third-order valence-corrected chi connectivity index (χ3v) is 0. The minimum Gasteiger partial charge on any atom is -0.471 e. The van der Waals surface area contributed by atoms with Gasteiger partial charge in [-0.05, 0) is 0 Å². The quantitative estimate of drug-likeness (QED) is 0.353. The molecule has 0 aromatic heterocycles. The highest BCUT2D eigenvalue weighted by Gasteiger charge is 1.28. The van der Waals surface area contributed by atoms with Crippen molar-refractivity contribution in [2.75, 3.05) is 0 Å². The Hall–Kier alpha value is 0.788. The van der Waals surface area contributed by atoms with E-state index in [1.54, 1.807) is 0 Å². The Morgan fingerprint density at radius 3 is 1.17 bits per heavy atom. The van der Waals surface area contributed by atoms with Gasteiger partial charge in [0.15, 0.2) is 0 Å². The molecular formula is H13NOSi4. The molecule has 0 aliphatic carbocycles. The molecule has 0 amide bonds. The van der Waals surface area contributed by atoms with Crippen molar-refractivity contribution in [1.29, 1.82) is 0 Å². The largest absolute Gasteiger partial charge is 0.471 e. The van der Waals surface area contributed by atoms with Gasteiger partial charge in [-0.3, -0.25) is 0 Å². The van der Waals surface area contributed by atoms with E-state index < -0.39 is 0 Å². The molecule has 6 heavy (non-hydrogen) atoms. The number of hydrogen-bond donors (Lipinski definition) is 1. The molecule has 0 aliphatic rings. The molecule has 0 fully saturated rings. The van der Waals surface area contributed by atoms with Crippen LogP contribution in [0.25, 0.3) is 0 Å². The summed E-state index contributed by atoms with van der Waals surface area (Å²) in [5.41, 5.74) is 0. The zero-order valence-electron chi connectivity index (χ0n) is 4.91. The summed E-state index contributed by atoms with van der Waals surface area (Å²) in [6, 6.07) is 0. The fourth-order valence-electron chi connectivity index (χ4n) is 0. The lowest BCUT2D eigenvalue weighted by Gasteiger charge is -1.62. The van der Waals surface area contributed by atoms with Crippen LogP contribution in [0, 0.1) is 0 Å². The number of rotatable bonds is 0. The minimum absolute atomic E-state index is 0.931. The van der Waals surface area contributed by atoms with E-state index in [2.05, 4.69) is 8.76 Å². The highest BCUT2D eigenvalue weighted by molar-refractivity contribution is 6.25. The lowest BCUT2D eigenvalue weighted by molar-refractivity contribution is 0.690. The van der Waals surface area contributed by atoms with E-state index in [4.69, 9.17) is 0 Å². The molecule has 1 N–H and O–H groups in total. The van der Waals surface area contributed by atoms with Crippen LogP contribution in [0.2, 0.25) is 0 Å². The van der Waals surface area contributed by atoms with Gasteiger partial charge in [0, 0.05) is 0 Å². The van der Waals surface area contributed by atoms with Crippen molar-refractivity contribution in [3.63, 3.8) is 0 Å². The van der Waals surface area contributed by atoms with Crippen LogP contribution in [0.5, 0.6) is 0 Å². The lowest BCUT2D eigenvalue weighted by atomic mass is 13.9. The van der Waals surface area contributed by atoms with Crippen LogP contribution in [0.15, 0.2) is 0 Å². The van der Waals surface area contributed by atoms with Crippen LogP contribution < -0.4 is 4.65 Å². The summed E-state index contributed by atoms with van der Waals surface area (Å²) in [7, 11) is 4.22. The lowest BCUT2D eigenvalue weighted by Crippen LogP contribution is -1.97. The van der Waals surface area contributed by atoms with E-state index in [0.29, 0.717) is 0 Å². The van der Waals surface area contributed by atoms with Gasteiger partial charge in [0.25, 0.3) is 0 Å². The van der Waals surface area contributed by atoms with E-state index in [1.165, 1.54) is 20.8 Å². The SMILES string of the molecule is [SiH3]N[SiH3].[SiH3]O[SiH3]. The number of nitrogens with one attached hydrogen (secondary N) is 1. The first-order valence-electron chi connectivity index (χ1n) is 1.82. The Kier molecular flexibility index (Phi) is 28.2. The van der Waals surface area contributed by atoms with Crippen molar-refractivity contribution < 1.29 is 4.12 Å². The maximum atomic E-state index is 4.53. The van der Waals surface area contributed by atoms with Gasteiger partial charge in [-0.1, -0.05) is 0 Å². The number of hydrogen-bond acceptors (Lipinski definition) is 2. The molecule has 0 heterocycles. The zero-order chi connectivity index (χ0) is 5.41. The van der Waals surface area contributed by atoms with E-state index in [0.717, 1.165) is 21.0 Å². The van der Waals surface area contributed by atoms with Crippen molar-refractivity contribution >= 4 is 41.8 Å². The Balaban J connectivity index is 0. The van der Waals surface area contributed by atoms with Crippen LogP contribution in [-0.2, 0) is 4.12 Å². The highest BCUT2D eigenvalue weighted by atomic mass is 28.3. The summed E-state index contributed by atoms with van der Waals surface area (Å²) in [4.78, 5) is 0. The van der Waals surface area contributed by atoms with E-state index >= 15 is 0 Å². The topological polar surface area (TPSA) is 21.3 Å². The Morgan fingerprint density at radius 2 is 1.17 bits per heavy atom. The predicted molar refractivity (Wildman–Crippen MR) is 44.0 cm³/mol. The molecule has 0 rings (SSSR count). The van der Waals surface area contributed by atoms with Gasteiger partial charge in [-0.2, -0.15) is 0 Å². The normalized spacial score (nSPS) is 8.00. The fraction of sp³-hybridized carbons (Fsp3) is 0. The third kappa shape index (κ3) is 111. The van der Waals surface area contributed by atoms with E-state index in [1.807, 2.05) is 0 Å². The summed E-state index contributed by atoms with van der Waals surface area (Å²) in [6.45, 7) is 0. The fourth-order valence-corrected chi connectivity index (χ4v) is 0. The summed E-state index contributed by atoms with van der Waals surface area (Å²) in [5, 5.41) is 0. The molecule has 0 spiro atoms. The van der Waals surface area contributed by atoms with Crippen LogP contribution in [0.3, 0.4) is 0 Å². The second-order valence-electron chi connectivity index (χ2n) is 0.908. The monoisotopic (exact) mass is 155 g/mol. The predicted octanol–water partition coefficient (Wildman–Crippen LogP) is -5.30. The Bertz CT molecular complexity index is 9.51. The van der Waals surface area contributed by atoms with Crippen molar-refractivity contribution in [3.8, 4) is 0 Å². The molecular weight excluding hydrogens is 142 g/mol. The summed E-state index contributed by atoms with van der Waals surface area (Å²) < 4.78 is 7.56. The van der Waals surface area contributed by atoms with Crippen molar-refractivity contribution in [2.45, 2.75) is 0 Å². The molecule has 0 atom stereocenters. The molecule has 0 aromatic carbocycles.